The lowest BCUT2D eigenvalue weighted by atomic mass is 9.98. The molecule has 1 aliphatic carbocycles. The first kappa shape index (κ1) is 18.4. The number of anilines is 1. The molecule has 0 bridgehead atoms. The highest BCUT2D eigenvalue weighted by Gasteiger charge is 2.59. The van der Waals surface area contributed by atoms with Crippen LogP contribution in [0.15, 0.2) is 42.5 Å². The predicted molar refractivity (Wildman–Crippen MR) is 116 cm³/mol. The average molecular weight is 389 g/mol. The molecule has 1 aliphatic heterocycles. The molecule has 1 aromatic heterocycles. The van der Waals surface area contributed by atoms with Gasteiger partial charge in [-0.3, -0.25) is 4.79 Å². The molecule has 2 aliphatic rings. The molecule has 5 rings (SSSR count). The second-order valence-electron chi connectivity index (χ2n) is 8.88. The third-order valence-electron chi connectivity index (χ3n) is 6.47. The Hall–Kier alpha value is -2.66. The molecule has 29 heavy (non-hydrogen) atoms. The van der Waals surface area contributed by atoms with Crippen LogP contribution < -0.4 is 10.6 Å². The number of para-hydroxylation sites is 1. The molecule has 1 spiro atoms. The van der Waals surface area contributed by atoms with Gasteiger partial charge in [0.2, 0.25) is 5.91 Å². The van der Waals surface area contributed by atoms with E-state index in [0.29, 0.717) is 19.0 Å². The fourth-order valence-corrected chi connectivity index (χ4v) is 4.61. The van der Waals surface area contributed by atoms with Gasteiger partial charge in [0.15, 0.2) is 0 Å². The number of carbonyl (C=O) groups excluding carboxylic acids is 1. The number of aryl methyl sites for hydroxylation is 1. The van der Waals surface area contributed by atoms with E-state index in [1.807, 2.05) is 17.0 Å². The molecular weight excluding hydrogens is 360 g/mol. The summed E-state index contributed by atoms with van der Waals surface area (Å²) >= 11 is 0. The molecule has 5 nitrogen and oxygen atoms in total. The molecule has 0 radical (unpaired) electrons. The van der Waals surface area contributed by atoms with Crippen molar-refractivity contribution in [2.24, 2.45) is 11.7 Å². The first-order chi connectivity index (χ1) is 14.0. The van der Waals surface area contributed by atoms with Crippen LogP contribution in [0, 0.1) is 5.92 Å². The predicted octanol–water partition coefficient (Wildman–Crippen LogP) is 4.12. The van der Waals surface area contributed by atoms with Crippen LogP contribution in [0.2, 0.25) is 0 Å². The normalized spacial score (nSPS) is 17.0. The summed E-state index contributed by atoms with van der Waals surface area (Å²) in [4.78, 5) is 20.2. The molecule has 1 amide bonds. The molecule has 5 heteroatoms. The number of aromatic nitrogens is 2. The van der Waals surface area contributed by atoms with E-state index in [0.717, 1.165) is 53.9 Å². The third-order valence-corrected chi connectivity index (χ3v) is 6.47. The Morgan fingerprint density at radius 2 is 1.97 bits per heavy atom. The van der Waals surface area contributed by atoms with Crippen molar-refractivity contribution in [3.8, 4) is 0 Å². The van der Waals surface area contributed by atoms with Crippen molar-refractivity contribution >= 4 is 22.6 Å². The number of hydrogen-bond donors (Lipinski definition) is 1. The van der Waals surface area contributed by atoms with Crippen LogP contribution >= 0.6 is 0 Å². The topological polar surface area (TPSA) is 64.2 Å². The molecular formula is C24H28N4O. The monoisotopic (exact) mass is 388 g/mol. The standard InChI is InChI=1S/C24H28N4O/c1-16(2)9-12-27-21-8-7-17(14-25)13-19(21)26-22(27)15-28-20-6-4-3-5-18(20)24(10-11-24)23(28)29/h3-8,13,16H,9-12,14-15,25H2,1-2H3. The minimum Gasteiger partial charge on any atom is -0.326 e. The van der Waals surface area contributed by atoms with E-state index in [9.17, 15) is 4.79 Å². The lowest BCUT2D eigenvalue weighted by Gasteiger charge is -2.19. The van der Waals surface area contributed by atoms with Gasteiger partial charge < -0.3 is 15.2 Å². The molecule has 2 heterocycles. The second-order valence-corrected chi connectivity index (χ2v) is 8.88. The van der Waals surface area contributed by atoms with Gasteiger partial charge in [0, 0.05) is 18.8 Å². The Morgan fingerprint density at radius 1 is 1.17 bits per heavy atom. The summed E-state index contributed by atoms with van der Waals surface area (Å²) in [5, 5.41) is 0. The van der Waals surface area contributed by atoms with Gasteiger partial charge in [-0.25, -0.2) is 4.98 Å². The molecule has 3 aromatic rings. The fourth-order valence-electron chi connectivity index (χ4n) is 4.61. The average Bonchev–Trinajstić information content (AvgIpc) is 3.41. The van der Waals surface area contributed by atoms with Crippen LogP contribution in [-0.4, -0.2) is 15.5 Å². The van der Waals surface area contributed by atoms with Crippen molar-refractivity contribution in [1.29, 1.82) is 0 Å². The molecule has 150 valence electrons. The molecule has 1 saturated carbocycles. The van der Waals surface area contributed by atoms with E-state index in [1.54, 1.807) is 0 Å². The molecule has 1 fully saturated rings. The highest BCUT2D eigenvalue weighted by atomic mass is 16.2. The van der Waals surface area contributed by atoms with Gasteiger partial charge in [0.25, 0.3) is 0 Å². The quantitative estimate of drug-likeness (QED) is 0.691. The molecule has 2 N–H and O–H groups in total. The minimum absolute atomic E-state index is 0.240. The van der Waals surface area contributed by atoms with Crippen LogP contribution in [0.5, 0.6) is 0 Å². The van der Waals surface area contributed by atoms with E-state index >= 15 is 0 Å². The smallest absolute Gasteiger partial charge is 0.238 e. The van der Waals surface area contributed by atoms with Gasteiger partial charge in [0.05, 0.1) is 23.0 Å². The Morgan fingerprint density at radius 3 is 2.69 bits per heavy atom. The maximum atomic E-state index is 13.3. The highest BCUT2D eigenvalue weighted by molar-refractivity contribution is 6.10. The zero-order valence-electron chi connectivity index (χ0n) is 17.2. The highest BCUT2D eigenvalue weighted by Crippen LogP contribution is 2.57. The van der Waals surface area contributed by atoms with Gasteiger partial charge in [-0.2, -0.15) is 0 Å². The Labute approximate surface area is 171 Å². The summed E-state index contributed by atoms with van der Waals surface area (Å²) in [6.45, 7) is 6.40. The first-order valence-corrected chi connectivity index (χ1v) is 10.6. The van der Waals surface area contributed by atoms with Gasteiger partial charge in [-0.15, -0.1) is 0 Å². The van der Waals surface area contributed by atoms with Crippen LogP contribution in [0.1, 0.15) is 50.1 Å². The van der Waals surface area contributed by atoms with E-state index in [1.165, 1.54) is 5.56 Å². The molecule has 0 atom stereocenters. The summed E-state index contributed by atoms with van der Waals surface area (Å²) in [6.07, 6.45) is 3.00. The van der Waals surface area contributed by atoms with Crippen LogP contribution in [0.3, 0.4) is 0 Å². The zero-order chi connectivity index (χ0) is 20.2. The number of hydrogen-bond acceptors (Lipinski definition) is 3. The number of imidazole rings is 1. The first-order valence-electron chi connectivity index (χ1n) is 10.6. The van der Waals surface area contributed by atoms with E-state index in [-0.39, 0.29) is 11.3 Å². The summed E-state index contributed by atoms with van der Waals surface area (Å²) < 4.78 is 2.30. The van der Waals surface area contributed by atoms with Crippen molar-refractivity contribution < 1.29 is 4.79 Å². The number of nitrogens with two attached hydrogens (primary N) is 1. The molecule has 0 unspecified atom stereocenters. The number of benzene rings is 2. The Balaban J connectivity index is 1.56. The van der Waals surface area contributed by atoms with E-state index < -0.39 is 0 Å². The Kier molecular flexibility index (Phi) is 4.24. The number of rotatable bonds is 6. The minimum atomic E-state index is -0.266. The zero-order valence-corrected chi connectivity index (χ0v) is 17.2. The van der Waals surface area contributed by atoms with Gasteiger partial charge in [-0.05, 0) is 54.5 Å². The number of carbonyl (C=O) groups is 1. The summed E-state index contributed by atoms with van der Waals surface area (Å²) in [5.74, 6) is 1.80. The second kappa shape index (κ2) is 6.70. The maximum Gasteiger partial charge on any atom is 0.238 e. The maximum absolute atomic E-state index is 13.3. The SMILES string of the molecule is CC(C)CCn1c(CN2C(=O)C3(CC3)c3ccccc32)nc2cc(CN)ccc21. The van der Waals surface area contributed by atoms with Crippen molar-refractivity contribution in [1.82, 2.24) is 9.55 Å². The third kappa shape index (κ3) is 2.87. The van der Waals surface area contributed by atoms with Crippen LogP contribution in [-0.2, 0) is 29.8 Å². The van der Waals surface area contributed by atoms with Crippen LogP contribution in [0.25, 0.3) is 11.0 Å². The van der Waals surface area contributed by atoms with Gasteiger partial charge in [0.1, 0.15) is 5.82 Å². The van der Waals surface area contributed by atoms with Gasteiger partial charge >= 0.3 is 0 Å². The lowest BCUT2D eigenvalue weighted by Crippen LogP contribution is -2.32. The summed E-state index contributed by atoms with van der Waals surface area (Å²) in [7, 11) is 0. The largest absolute Gasteiger partial charge is 0.326 e. The fraction of sp³-hybridized carbons (Fsp3) is 0.417. The lowest BCUT2D eigenvalue weighted by molar-refractivity contribution is -0.120. The number of fused-ring (bicyclic) bond motifs is 3. The van der Waals surface area contributed by atoms with Crippen molar-refractivity contribution in [2.45, 2.75) is 58.2 Å². The van der Waals surface area contributed by atoms with Crippen molar-refractivity contribution in [2.75, 3.05) is 4.90 Å². The Bertz CT molecular complexity index is 1090. The molecule has 2 aromatic carbocycles. The van der Waals surface area contributed by atoms with E-state index in [2.05, 4.69) is 48.7 Å². The van der Waals surface area contributed by atoms with Crippen molar-refractivity contribution in [3.63, 3.8) is 0 Å². The summed E-state index contributed by atoms with van der Waals surface area (Å²) in [6, 6.07) is 14.5. The molecule has 0 saturated heterocycles. The van der Waals surface area contributed by atoms with Crippen LogP contribution in [0.4, 0.5) is 5.69 Å². The van der Waals surface area contributed by atoms with E-state index in [4.69, 9.17) is 10.7 Å². The van der Waals surface area contributed by atoms with Gasteiger partial charge in [-0.1, -0.05) is 38.1 Å². The number of nitrogens with zero attached hydrogens (tertiary/aromatic N) is 3. The number of amides is 1. The summed E-state index contributed by atoms with van der Waals surface area (Å²) in [5.41, 5.74) is 11.0. The van der Waals surface area contributed by atoms with Crippen molar-refractivity contribution in [3.05, 3.63) is 59.4 Å².